The highest BCUT2D eigenvalue weighted by Gasteiger charge is 2.37. The van der Waals surface area contributed by atoms with Crippen molar-refractivity contribution in [2.24, 2.45) is 5.73 Å². The molecule has 41 heavy (non-hydrogen) atoms. The van der Waals surface area contributed by atoms with E-state index in [0.29, 0.717) is 22.7 Å². The van der Waals surface area contributed by atoms with Crippen molar-refractivity contribution >= 4 is 41.1 Å². The number of aryl methyl sites for hydroxylation is 3. The molecule has 0 radical (unpaired) electrons. The van der Waals surface area contributed by atoms with Gasteiger partial charge in [-0.15, -0.1) is 0 Å². The Bertz CT molecular complexity index is 1240. The fraction of sp³-hybridized carbons (Fsp3) is 0.484. The molecule has 0 fully saturated rings. The van der Waals surface area contributed by atoms with Crippen LogP contribution in [0.4, 0.5) is 10.5 Å². The van der Waals surface area contributed by atoms with Gasteiger partial charge in [0.1, 0.15) is 17.7 Å². The van der Waals surface area contributed by atoms with Crippen LogP contribution in [0.1, 0.15) is 81.7 Å². The number of carbonyl (C=O) groups excluding carboxylic acids is 4. The Morgan fingerprint density at radius 1 is 1.05 bits per heavy atom. The minimum Gasteiger partial charge on any atom is -0.444 e. The Hall–Kier alpha value is -3.59. The van der Waals surface area contributed by atoms with Crippen molar-refractivity contribution in [3.05, 3.63) is 63.7 Å². The van der Waals surface area contributed by atoms with Gasteiger partial charge < -0.3 is 26.0 Å². The summed E-state index contributed by atoms with van der Waals surface area (Å²) >= 11 is 6.44. The number of amides is 4. The molecule has 2 atom stereocenters. The predicted molar refractivity (Wildman–Crippen MR) is 162 cm³/mol. The van der Waals surface area contributed by atoms with Crippen LogP contribution in [-0.2, 0) is 19.1 Å². The summed E-state index contributed by atoms with van der Waals surface area (Å²) in [5.74, 6) is -1.60. The minimum atomic E-state index is -1.16. The highest BCUT2D eigenvalue weighted by molar-refractivity contribution is 6.34. The molecule has 0 bridgehead atoms. The van der Waals surface area contributed by atoms with Crippen LogP contribution >= 0.6 is 11.6 Å². The van der Waals surface area contributed by atoms with E-state index in [0.717, 1.165) is 23.1 Å². The second kappa shape index (κ2) is 14.9. The second-order valence-corrected chi connectivity index (χ2v) is 11.7. The van der Waals surface area contributed by atoms with E-state index in [1.165, 1.54) is 4.90 Å². The van der Waals surface area contributed by atoms with Crippen LogP contribution in [0.15, 0.2) is 36.4 Å². The number of benzene rings is 2. The standard InChI is InChI=1S/C31H43ClN4O5/c1-8-9-17-36(29(39)24(15-16-25(33)37)34-30(40)41-31(5,6)7)27(22-18-19(2)13-14-20(22)3)28(38)35-26-21(4)11-10-12-23(26)32/h10-14,18,24,27H,8-9,15-17H2,1-7H3,(H2,33,37)(H,34,40)(H,35,38). The molecule has 0 aliphatic carbocycles. The van der Waals surface area contributed by atoms with Gasteiger partial charge in [0.15, 0.2) is 0 Å². The number of alkyl carbamates (subject to hydrolysis) is 1. The van der Waals surface area contributed by atoms with Crippen molar-refractivity contribution in [2.45, 2.75) is 91.8 Å². The van der Waals surface area contributed by atoms with Gasteiger partial charge in [-0.1, -0.05) is 60.8 Å². The smallest absolute Gasteiger partial charge is 0.408 e. The monoisotopic (exact) mass is 586 g/mol. The molecule has 4 N–H and O–H groups in total. The summed E-state index contributed by atoms with van der Waals surface area (Å²) in [5, 5.41) is 5.93. The zero-order chi connectivity index (χ0) is 30.9. The molecule has 2 aromatic rings. The summed E-state index contributed by atoms with van der Waals surface area (Å²) in [6.45, 7) is 12.9. The number of carbonyl (C=O) groups is 4. The number of nitrogens with zero attached hydrogens (tertiary/aromatic N) is 1. The first-order chi connectivity index (χ1) is 19.1. The number of hydrogen-bond acceptors (Lipinski definition) is 5. The highest BCUT2D eigenvalue weighted by atomic mass is 35.5. The lowest BCUT2D eigenvalue weighted by Gasteiger charge is -2.35. The predicted octanol–water partition coefficient (Wildman–Crippen LogP) is 5.73. The minimum absolute atomic E-state index is 0.0548. The van der Waals surface area contributed by atoms with Gasteiger partial charge in [-0.05, 0) is 77.1 Å². The number of anilines is 1. The molecule has 2 rings (SSSR count). The van der Waals surface area contributed by atoms with E-state index in [4.69, 9.17) is 22.1 Å². The van der Waals surface area contributed by atoms with Gasteiger partial charge in [0, 0.05) is 13.0 Å². The Balaban J connectivity index is 2.64. The average Bonchev–Trinajstić information content (AvgIpc) is 2.86. The van der Waals surface area contributed by atoms with E-state index in [9.17, 15) is 19.2 Å². The molecular weight excluding hydrogens is 544 g/mol. The quantitative estimate of drug-likeness (QED) is 0.292. The van der Waals surface area contributed by atoms with Crippen molar-refractivity contribution in [3.8, 4) is 0 Å². The lowest BCUT2D eigenvalue weighted by atomic mass is 9.95. The molecule has 2 aromatic carbocycles. The number of rotatable bonds is 12. The largest absolute Gasteiger partial charge is 0.444 e. The van der Waals surface area contributed by atoms with Gasteiger partial charge in [0.2, 0.25) is 11.8 Å². The molecule has 0 saturated heterocycles. The summed E-state index contributed by atoms with van der Waals surface area (Å²) in [6, 6.07) is 8.81. The van der Waals surface area contributed by atoms with Crippen LogP contribution in [0.5, 0.6) is 0 Å². The van der Waals surface area contributed by atoms with Crippen LogP contribution in [0, 0.1) is 20.8 Å². The van der Waals surface area contributed by atoms with Crippen molar-refractivity contribution in [2.75, 3.05) is 11.9 Å². The van der Waals surface area contributed by atoms with Gasteiger partial charge in [-0.2, -0.15) is 0 Å². The van der Waals surface area contributed by atoms with Gasteiger partial charge in [-0.25, -0.2) is 4.79 Å². The SMILES string of the molecule is CCCCN(C(=O)C(CCC(N)=O)NC(=O)OC(C)(C)C)C(C(=O)Nc1c(C)cccc1Cl)c1cc(C)ccc1C. The maximum absolute atomic E-state index is 14.3. The molecule has 0 saturated carbocycles. The van der Waals surface area contributed by atoms with Gasteiger partial charge in [-0.3, -0.25) is 14.4 Å². The molecule has 9 nitrogen and oxygen atoms in total. The number of halogens is 1. The number of primary amides is 1. The van der Waals surface area contributed by atoms with Crippen LogP contribution in [0.25, 0.3) is 0 Å². The normalized spacial score (nSPS) is 12.7. The molecule has 4 amide bonds. The Kier molecular flexibility index (Phi) is 12.2. The summed E-state index contributed by atoms with van der Waals surface area (Å²) in [6.07, 6.45) is 0.337. The molecule has 0 aliphatic rings. The first kappa shape index (κ1) is 33.6. The fourth-order valence-corrected chi connectivity index (χ4v) is 4.64. The summed E-state index contributed by atoms with van der Waals surface area (Å²) in [7, 11) is 0. The maximum Gasteiger partial charge on any atom is 0.408 e. The van der Waals surface area contributed by atoms with Gasteiger partial charge >= 0.3 is 6.09 Å². The lowest BCUT2D eigenvalue weighted by molar-refractivity contribution is -0.141. The molecule has 224 valence electrons. The van der Waals surface area contributed by atoms with Crippen LogP contribution in [-0.4, -0.2) is 46.9 Å². The third-order valence-electron chi connectivity index (χ3n) is 6.46. The molecule has 0 aromatic heterocycles. The van der Waals surface area contributed by atoms with Crippen LogP contribution < -0.4 is 16.4 Å². The molecule has 0 heterocycles. The Labute approximate surface area is 248 Å². The third-order valence-corrected chi connectivity index (χ3v) is 6.78. The van der Waals surface area contributed by atoms with E-state index in [2.05, 4.69) is 10.6 Å². The molecular formula is C31H43ClN4O5. The fourth-order valence-electron chi connectivity index (χ4n) is 4.38. The van der Waals surface area contributed by atoms with E-state index in [1.54, 1.807) is 32.9 Å². The van der Waals surface area contributed by atoms with Crippen molar-refractivity contribution < 1.29 is 23.9 Å². The summed E-state index contributed by atoms with van der Waals surface area (Å²) < 4.78 is 5.39. The van der Waals surface area contributed by atoms with Gasteiger partial charge in [0.05, 0.1) is 10.7 Å². The Morgan fingerprint density at radius 2 is 1.73 bits per heavy atom. The maximum atomic E-state index is 14.3. The van der Waals surface area contributed by atoms with Crippen molar-refractivity contribution in [1.29, 1.82) is 0 Å². The summed E-state index contributed by atoms with van der Waals surface area (Å²) in [4.78, 5) is 54.3. The van der Waals surface area contributed by atoms with Gasteiger partial charge in [0.25, 0.3) is 5.91 Å². The topological polar surface area (TPSA) is 131 Å². The second-order valence-electron chi connectivity index (χ2n) is 11.3. The Morgan fingerprint density at radius 3 is 2.32 bits per heavy atom. The third kappa shape index (κ3) is 10.1. The summed E-state index contributed by atoms with van der Waals surface area (Å²) in [5.41, 5.74) is 8.18. The highest BCUT2D eigenvalue weighted by Crippen LogP contribution is 2.31. The zero-order valence-electron chi connectivity index (χ0n) is 25.1. The zero-order valence-corrected chi connectivity index (χ0v) is 25.9. The first-order valence-corrected chi connectivity index (χ1v) is 14.2. The first-order valence-electron chi connectivity index (χ1n) is 13.9. The van der Waals surface area contributed by atoms with E-state index in [1.807, 2.05) is 52.0 Å². The lowest BCUT2D eigenvalue weighted by Crippen LogP contribution is -2.53. The van der Waals surface area contributed by atoms with Crippen molar-refractivity contribution in [3.63, 3.8) is 0 Å². The number of nitrogens with two attached hydrogens (primary N) is 1. The average molecular weight is 587 g/mol. The molecule has 10 heteroatoms. The molecule has 0 aliphatic heterocycles. The van der Waals surface area contributed by atoms with E-state index >= 15 is 0 Å². The number of unbranched alkanes of at least 4 members (excludes halogenated alkanes) is 1. The van der Waals surface area contributed by atoms with Crippen LogP contribution in [0.2, 0.25) is 5.02 Å². The number of nitrogens with one attached hydrogen (secondary N) is 2. The molecule has 2 unspecified atom stereocenters. The number of hydrogen-bond donors (Lipinski definition) is 3. The van der Waals surface area contributed by atoms with Crippen LogP contribution in [0.3, 0.4) is 0 Å². The number of ether oxygens (including phenoxy) is 1. The number of para-hydroxylation sites is 1. The van der Waals surface area contributed by atoms with E-state index in [-0.39, 0.29) is 19.4 Å². The molecule has 0 spiro atoms. The van der Waals surface area contributed by atoms with E-state index < -0.39 is 41.5 Å². The van der Waals surface area contributed by atoms with Crippen molar-refractivity contribution in [1.82, 2.24) is 10.2 Å².